The highest BCUT2D eigenvalue weighted by Crippen LogP contribution is 2.21. The standard InChI is InChI=1S/C23H33NO3/c1-19(25)10-5-2-3-8-17-24-21(13-9-14-23(24)27)15-16-22(26)18-20-11-6-4-7-12-20/h4,6-7,11-12,15-16,21-22,25-26H,1-3,5,8-10,13-14,17-18H2/b16-15+/t21-,22?/m1/s1. The number of nitrogens with zero attached hydrogens (tertiary/aromatic N) is 1. The van der Waals surface area contributed by atoms with Crippen LogP contribution in [0.4, 0.5) is 0 Å². The van der Waals surface area contributed by atoms with Crippen LogP contribution in [0.3, 0.4) is 0 Å². The Hall–Kier alpha value is -2.07. The van der Waals surface area contributed by atoms with Crippen LogP contribution >= 0.6 is 0 Å². The van der Waals surface area contributed by atoms with E-state index in [4.69, 9.17) is 5.11 Å². The van der Waals surface area contributed by atoms with Gasteiger partial charge in [-0.1, -0.05) is 61.9 Å². The lowest BCUT2D eigenvalue weighted by Gasteiger charge is -2.34. The number of hydrogen-bond donors (Lipinski definition) is 2. The summed E-state index contributed by atoms with van der Waals surface area (Å²) >= 11 is 0. The van der Waals surface area contributed by atoms with E-state index in [9.17, 15) is 9.90 Å². The highest BCUT2D eigenvalue weighted by molar-refractivity contribution is 5.77. The number of aliphatic hydroxyl groups is 2. The lowest BCUT2D eigenvalue weighted by atomic mass is 9.99. The van der Waals surface area contributed by atoms with Crippen molar-refractivity contribution in [2.75, 3.05) is 6.54 Å². The summed E-state index contributed by atoms with van der Waals surface area (Å²) in [4.78, 5) is 14.3. The SMILES string of the molecule is C=C(O)CCCCCCN1C(=O)CCC[C@@H]1/C=C/C(O)Cc1ccccc1. The van der Waals surface area contributed by atoms with Crippen LogP contribution in [0.25, 0.3) is 0 Å². The molecule has 1 amide bonds. The van der Waals surface area contributed by atoms with Gasteiger partial charge in [0.05, 0.1) is 17.9 Å². The number of unbranched alkanes of at least 4 members (excludes halogenated alkanes) is 3. The van der Waals surface area contributed by atoms with Crippen molar-refractivity contribution in [2.45, 2.75) is 69.9 Å². The van der Waals surface area contributed by atoms with Crippen molar-refractivity contribution < 1.29 is 15.0 Å². The van der Waals surface area contributed by atoms with Gasteiger partial charge in [0.2, 0.25) is 5.91 Å². The fourth-order valence-electron chi connectivity index (χ4n) is 3.58. The monoisotopic (exact) mass is 371 g/mol. The van der Waals surface area contributed by atoms with Gasteiger partial charge in [-0.05, 0) is 31.2 Å². The molecular weight excluding hydrogens is 338 g/mol. The first-order valence-electron chi connectivity index (χ1n) is 10.1. The number of benzene rings is 1. The molecule has 1 aromatic carbocycles. The Balaban J connectivity index is 1.79. The minimum atomic E-state index is -0.530. The highest BCUT2D eigenvalue weighted by Gasteiger charge is 2.25. The Bertz CT molecular complexity index is 611. The number of rotatable bonds is 11. The molecule has 2 rings (SSSR count). The van der Waals surface area contributed by atoms with Crippen molar-refractivity contribution in [1.82, 2.24) is 4.90 Å². The second kappa shape index (κ2) is 11.6. The number of aliphatic hydroxyl groups excluding tert-OH is 2. The van der Waals surface area contributed by atoms with Gasteiger partial charge in [0.15, 0.2) is 0 Å². The first-order valence-corrected chi connectivity index (χ1v) is 10.1. The molecule has 0 aromatic heterocycles. The molecule has 0 spiro atoms. The molecule has 0 aliphatic carbocycles. The van der Waals surface area contributed by atoms with Gasteiger partial charge in [0.25, 0.3) is 0 Å². The molecule has 1 unspecified atom stereocenters. The summed E-state index contributed by atoms with van der Waals surface area (Å²) in [6, 6.07) is 10.0. The van der Waals surface area contributed by atoms with E-state index in [1.807, 2.05) is 47.4 Å². The third kappa shape index (κ3) is 8.00. The maximum atomic E-state index is 12.3. The average Bonchev–Trinajstić information content (AvgIpc) is 2.65. The molecular formula is C23H33NO3. The second-order valence-corrected chi connectivity index (χ2v) is 7.42. The van der Waals surface area contributed by atoms with E-state index in [1.54, 1.807) is 0 Å². The normalized spacial score (nSPS) is 18.8. The number of hydrogen-bond acceptors (Lipinski definition) is 3. The van der Waals surface area contributed by atoms with Crippen molar-refractivity contribution in [2.24, 2.45) is 0 Å². The lowest BCUT2D eigenvalue weighted by molar-refractivity contribution is -0.135. The molecule has 0 radical (unpaired) electrons. The lowest BCUT2D eigenvalue weighted by Crippen LogP contribution is -2.43. The van der Waals surface area contributed by atoms with E-state index < -0.39 is 6.10 Å². The van der Waals surface area contributed by atoms with Crippen LogP contribution in [0.1, 0.15) is 56.9 Å². The number of carbonyl (C=O) groups is 1. The van der Waals surface area contributed by atoms with Crippen LogP contribution in [0, 0.1) is 0 Å². The topological polar surface area (TPSA) is 60.8 Å². The zero-order chi connectivity index (χ0) is 19.5. The summed E-state index contributed by atoms with van der Waals surface area (Å²) in [6.45, 7) is 4.27. The van der Waals surface area contributed by atoms with Gasteiger partial charge in [-0.3, -0.25) is 4.79 Å². The Kier molecular flexibility index (Phi) is 9.12. The molecule has 4 heteroatoms. The van der Waals surface area contributed by atoms with Crippen molar-refractivity contribution in [3.63, 3.8) is 0 Å². The summed E-state index contributed by atoms with van der Waals surface area (Å²) in [5, 5.41) is 19.4. The molecule has 4 nitrogen and oxygen atoms in total. The summed E-state index contributed by atoms with van der Waals surface area (Å²) in [5.74, 6) is 0.470. The third-order valence-electron chi connectivity index (χ3n) is 5.07. The number of likely N-dealkylation sites (tertiary alicyclic amines) is 1. The maximum absolute atomic E-state index is 12.3. The predicted octanol–water partition coefficient (Wildman–Crippen LogP) is 4.55. The molecule has 0 saturated carbocycles. The quantitative estimate of drug-likeness (QED) is 0.341. The van der Waals surface area contributed by atoms with E-state index in [1.165, 1.54) is 0 Å². The van der Waals surface area contributed by atoms with Gasteiger partial charge >= 0.3 is 0 Å². The van der Waals surface area contributed by atoms with E-state index in [0.717, 1.165) is 50.6 Å². The Morgan fingerprint density at radius 1 is 1.22 bits per heavy atom. The molecule has 2 atom stereocenters. The van der Waals surface area contributed by atoms with Crippen LogP contribution in [0.2, 0.25) is 0 Å². The first-order chi connectivity index (χ1) is 13.1. The van der Waals surface area contributed by atoms with Gasteiger partial charge in [0, 0.05) is 25.8 Å². The first kappa shape index (κ1) is 21.2. The molecule has 1 aliphatic rings. The van der Waals surface area contributed by atoms with Crippen molar-refractivity contribution in [3.05, 3.63) is 60.4 Å². The fraction of sp³-hybridized carbons (Fsp3) is 0.522. The summed E-state index contributed by atoms with van der Waals surface area (Å²) in [6.07, 6.45) is 11.1. The Labute approximate surface area is 163 Å². The maximum Gasteiger partial charge on any atom is 0.223 e. The van der Waals surface area contributed by atoms with Crippen LogP contribution in [0.15, 0.2) is 54.8 Å². The molecule has 1 heterocycles. The van der Waals surface area contributed by atoms with E-state index in [2.05, 4.69) is 6.58 Å². The van der Waals surface area contributed by atoms with E-state index in [0.29, 0.717) is 19.3 Å². The minimum absolute atomic E-state index is 0.0916. The minimum Gasteiger partial charge on any atom is -0.513 e. The number of carbonyl (C=O) groups excluding carboxylic acids is 1. The molecule has 1 aromatic rings. The van der Waals surface area contributed by atoms with Crippen molar-refractivity contribution in [1.29, 1.82) is 0 Å². The van der Waals surface area contributed by atoms with Crippen LogP contribution < -0.4 is 0 Å². The molecule has 1 saturated heterocycles. The molecule has 27 heavy (non-hydrogen) atoms. The van der Waals surface area contributed by atoms with Crippen LogP contribution in [0.5, 0.6) is 0 Å². The summed E-state index contributed by atoms with van der Waals surface area (Å²) in [5.41, 5.74) is 1.11. The Morgan fingerprint density at radius 3 is 2.70 bits per heavy atom. The van der Waals surface area contributed by atoms with Crippen molar-refractivity contribution >= 4 is 5.91 Å². The molecule has 0 bridgehead atoms. The predicted molar refractivity (Wildman–Crippen MR) is 109 cm³/mol. The highest BCUT2D eigenvalue weighted by atomic mass is 16.3. The average molecular weight is 372 g/mol. The van der Waals surface area contributed by atoms with E-state index >= 15 is 0 Å². The van der Waals surface area contributed by atoms with Gasteiger partial charge in [-0.25, -0.2) is 0 Å². The largest absolute Gasteiger partial charge is 0.513 e. The fourth-order valence-corrected chi connectivity index (χ4v) is 3.58. The molecule has 148 valence electrons. The molecule has 1 fully saturated rings. The zero-order valence-electron chi connectivity index (χ0n) is 16.2. The van der Waals surface area contributed by atoms with Crippen LogP contribution in [-0.2, 0) is 11.2 Å². The zero-order valence-corrected chi connectivity index (χ0v) is 16.2. The van der Waals surface area contributed by atoms with E-state index in [-0.39, 0.29) is 17.7 Å². The summed E-state index contributed by atoms with van der Waals surface area (Å²) in [7, 11) is 0. The van der Waals surface area contributed by atoms with Gasteiger partial charge in [-0.2, -0.15) is 0 Å². The van der Waals surface area contributed by atoms with Crippen LogP contribution in [-0.4, -0.2) is 39.7 Å². The number of amides is 1. The second-order valence-electron chi connectivity index (χ2n) is 7.42. The van der Waals surface area contributed by atoms with Crippen molar-refractivity contribution in [3.8, 4) is 0 Å². The van der Waals surface area contributed by atoms with Gasteiger partial charge in [0.1, 0.15) is 0 Å². The Morgan fingerprint density at radius 2 is 1.96 bits per heavy atom. The number of allylic oxidation sites excluding steroid dienone is 1. The molecule has 1 aliphatic heterocycles. The third-order valence-corrected chi connectivity index (χ3v) is 5.07. The number of piperidine rings is 1. The molecule has 2 N–H and O–H groups in total. The summed E-state index contributed by atoms with van der Waals surface area (Å²) < 4.78 is 0. The van der Waals surface area contributed by atoms with Gasteiger partial charge < -0.3 is 15.1 Å². The smallest absolute Gasteiger partial charge is 0.223 e. The van der Waals surface area contributed by atoms with Gasteiger partial charge in [-0.15, -0.1) is 0 Å².